The highest BCUT2D eigenvalue weighted by atomic mass is 32.2. The number of hydrogen-bond donors (Lipinski definition) is 0. The lowest BCUT2D eigenvalue weighted by atomic mass is 10.1. The van der Waals surface area contributed by atoms with Gasteiger partial charge in [0.15, 0.2) is 0 Å². The Labute approximate surface area is 127 Å². The van der Waals surface area contributed by atoms with E-state index in [4.69, 9.17) is 4.84 Å². The third-order valence-corrected chi connectivity index (χ3v) is 5.00. The first-order valence-electron chi connectivity index (χ1n) is 7.15. The molecule has 0 amide bonds. The third kappa shape index (κ3) is 4.54. The van der Waals surface area contributed by atoms with Gasteiger partial charge in [0.2, 0.25) is 10.0 Å². The standard InChI is InChI=1S/C15H24N2O3S/c1-5-11-17(12-6-2)21(18,19)15-9-7-14(8-10-15)13(3)16-20-4/h7-10H,5-6,11-12H2,1-4H3/b16-13+. The van der Waals surface area contributed by atoms with Crippen LogP contribution in [0, 0.1) is 0 Å². The van der Waals surface area contributed by atoms with Crippen LogP contribution in [0.5, 0.6) is 0 Å². The van der Waals surface area contributed by atoms with E-state index >= 15 is 0 Å². The summed E-state index contributed by atoms with van der Waals surface area (Å²) in [5, 5.41) is 3.84. The van der Waals surface area contributed by atoms with Gasteiger partial charge in [-0.3, -0.25) is 0 Å². The molecule has 0 atom stereocenters. The predicted octanol–water partition coefficient (Wildman–Crippen LogP) is 2.87. The predicted molar refractivity (Wildman–Crippen MR) is 85.0 cm³/mol. The van der Waals surface area contributed by atoms with Gasteiger partial charge < -0.3 is 4.84 Å². The molecule has 0 heterocycles. The van der Waals surface area contributed by atoms with E-state index in [1.165, 1.54) is 11.4 Å². The molecule has 0 unspecified atom stereocenters. The van der Waals surface area contributed by atoms with Gasteiger partial charge in [0.05, 0.1) is 10.6 Å². The Morgan fingerprint density at radius 1 is 1.14 bits per heavy atom. The van der Waals surface area contributed by atoms with E-state index in [-0.39, 0.29) is 0 Å². The molecule has 0 aliphatic heterocycles. The summed E-state index contributed by atoms with van der Waals surface area (Å²) in [6.45, 7) is 6.86. The zero-order valence-electron chi connectivity index (χ0n) is 13.2. The van der Waals surface area contributed by atoms with Crippen molar-refractivity contribution in [3.05, 3.63) is 29.8 Å². The fraction of sp³-hybridized carbons (Fsp3) is 0.533. The Morgan fingerprint density at radius 3 is 2.10 bits per heavy atom. The van der Waals surface area contributed by atoms with Gasteiger partial charge in [0.1, 0.15) is 7.11 Å². The van der Waals surface area contributed by atoms with Crippen molar-refractivity contribution in [2.45, 2.75) is 38.5 Å². The van der Waals surface area contributed by atoms with E-state index in [9.17, 15) is 8.42 Å². The fourth-order valence-electron chi connectivity index (χ4n) is 2.06. The van der Waals surface area contributed by atoms with Crippen LogP contribution in [0.3, 0.4) is 0 Å². The van der Waals surface area contributed by atoms with Gasteiger partial charge in [-0.25, -0.2) is 8.42 Å². The average Bonchev–Trinajstić information content (AvgIpc) is 2.47. The minimum atomic E-state index is -3.42. The monoisotopic (exact) mass is 312 g/mol. The number of sulfonamides is 1. The van der Waals surface area contributed by atoms with Gasteiger partial charge >= 0.3 is 0 Å². The first kappa shape index (κ1) is 17.7. The van der Waals surface area contributed by atoms with Crippen molar-refractivity contribution in [3.63, 3.8) is 0 Å². The van der Waals surface area contributed by atoms with Gasteiger partial charge in [-0.15, -0.1) is 0 Å². The SMILES string of the molecule is CCCN(CCC)S(=O)(=O)c1ccc(/C(C)=N/OC)cc1. The average molecular weight is 312 g/mol. The fourth-order valence-corrected chi connectivity index (χ4v) is 3.68. The van der Waals surface area contributed by atoms with Gasteiger partial charge in [0.25, 0.3) is 0 Å². The lowest BCUT2D eigenvalue weighted by molar-refractivity contribution is 0.213. The van der Waals surface area contributed by atoms with E-state index in [2.05, 4.69) is 5.16 Å². The van der Waals surface area contributed by atoms with Crippen molar-refractivity contribution in [2.75, 3.05) is 20.2 Å². The maximum Gasteiger partial charge on any atom is 0.243 e. The number of benzene rings is 1. The zero-order valence-corrected chi connectivity index (χ0v) is 14.0. The van der Waals surface area contributed by atoms with Crippen LogP contribution < -0.4 is 0 Å². The normalized spacial score (nSPS) is 12.7. The second kappa shape index (κ2) is 8.14. The first-order chi connectivity index (χ1) is 9.97. The van der Waals surface area contributed by atoms with E-state index in [0.717, 1.165) is 18.4 Å². The van der Waals surface area contributed by atoms with Crippen LogP contribution in [0.15, 0.2) is 34.3 Å². The van der Waals surface area contributed by atoms with Gasteiger partial charge in [-0.2, -0.15) is 4.31 Å². The Hall–Kier alpha value is -1.40. The van der Waals surface area contributed by atoms with Crippen molar-refractivity contribution in [1.82, 2.24) is 4.31 Å². The summed E-state index contributed by atoms with van der Waals surface area (Å²) < 4.78 is 26.7. The molecular weight excluding hydrogens is 288 g/mol. The van der Waals surface area contributed by atoms with Crippen LogP contribution >= 0.6 is 0 Å². The molecule has 6 heteroatoms. The van der Waals surface area contributed by atoms with Crippen LogP contribution in [0.2, 0.25) is 0 Å². The molecule has 1 aromatic carbocycles. The summed E-state index contributed by atoms with van der Waals surface area (Å²) in [5.41, 5.74) is 1.55. The minimum absolute atomic E-state index is 0.318. The van der Waals surface area contributed by atoms with Crippen LogP contribution in [-0.4, -0.2) is 38.6 Å². The molecule has 1 rings (SSSR count). The second-order valence-corrected chi connectivity index (χ2v) is 6.73. The molecule has 0 bridgehead atoms. The molecule has 0 radical (unpaired) electrons. The summed E-state index contributed by atoms with van der Waals surface area (Å²) >= 11 is 0. The molecule has 0 fully saturated rings. The van der Waals surface area contributed by atoms with E-state index in [1.807, 2.05) is 20.8 Å². The second-order valence-electron chi connectivity index (χ2n) is 4.79. The molecule has 118 valence electrons. The highest BCUT2D eigenvalue weighted by Crippen LogP contribution is 2.17. The lowest BCUT2D eigenvalue weighted by Crippen LogP contribution is -2.32. The number of nitrogens with zero attached hydrogens (tertiary/aromatic N) is 2. The number of hydrogen-bond acceptors (Lipinski definition) is 4. The summed E-state index contributed by atoms with van der Waals surface area (Å²) in [5.74, 6) is 0. The molecule has 0 spiro atoms. The smallest absolute Gasteiger partial charge is 0.243 e. The molecule has 0 aliphatic carbocycles. The number of oxime groups is 1. The minimum Gasteiger partial charge on any atom is -0.399 e. The quantitative estimate of drug-likeness (QED) is 0.548. The highest BCUT2D eigenvalue weighted by molar-refractivity contribution is 7.89. The Kier molecular flexibility index (Phi) is 6.84. The van der Waals surface area contributed by atoms with Crippen molar-refractivity contribution in [2.24, 2.45) is 5.16 Å². The molecule has 0 saturated carbocycles. The van der Waals surface area contributed by atoms with Crippen molar-refractivity contribution < 1.29 is 13.3 Å². The van der Waals surface area contributed by atoms with Crippen LogP contribution in [0.4, 0.5) is 0 Å². The van der Waals surface area contributed by atoms with Crippen molar-refractivity contribution in [3.8, 4) is 0 Å². The largest absolute Gasteiger partial charge is 0.399 e. The molecule has 0 saturated heterocycles. The summed E-state index contributed by atoms with van der Waals surface area (Å²) in [6, 6.07) is 6.75. The Balaban J connectivity index is 3.06. The van der Waals surface area contributed by atoms with Gasteiger partial charge in [-0.05, 0) is 37.5 Å². The van der Waals surface area contributed by atoms with Crippen LogP contribution in [0.1, 0.15) is 39.2 Å². The summed E-state index contributed by atoms with van der Waals surface area (Å²) in [6.07, 6.45) is 1.60. The molecule has 21 heavy (non-hydrogen) atoms. The van der Waals surface area contributed by atoms with E-state index in [1.54, 1.807) is 24.3 Å². The number of rotatable bonds is 8. The summed E-state index contributed by atoms with van der Waals surface area (Å²) in [4.78, 5) is 5.04. The summed E-state index contributed by atoms with van der Waals surface area (Å²) in [7, 11) is -1.94. The van der Waals surface area contributed by atoms with E-state index < -0.39 is 10.0 Å². The van der Waals surface area contributed by atoms with E-state index in [0.29, 0.717) is 23.7 Å². The van der Waals surface area contributed by atoms with Crippen molar-refractivity contribution >= 4 is 15.7 Å². The topological polar surface area (TPSA) is 59.0 Å². The lowest BCUT2D eigenvalue weighted by Gasteiger charge is -2.21. The Bertz CT molecular complexity index is 559. The Morgan fingerprint density at radius 2 is 1.67 bits per heavy atom. The first-order valence-corrected chi connectivity index (χ1v) is 8.59. The highest BCUT2D eigenvalue weighted by Gasteiger charge is 2.22. The van der Waals surface area contributed by atoms with Gasteiger partial charge in [0, 0.05) is 13.1 Å². The molecule has 0 N–H and O–H groups in total. The maximum absolute atomic E-state index is 12.6. The molecule has 0 aliphatic rings. The molecule has 0 aromatic heterocycles. The molecule has 1 aromatic rings. The third-order valence-electron chi connectivity index (χ3n) is 3.08. The zero-order chi connectivity index (χ0) is 15.9. The van der Waals surface area contributed by atoms with Crippen molar-refractivity contribution in [1.29, 1.82) is 0 Å². The van der Waals surface area contributed by atoms with Crippen LogP contribution in [-0.2, 0) is 14.9 Å². The van der Waals surface area contributed by atoms with Gasteiger partial charge in [-0.1, -0.05) is 31.1 Å². The molecule has 5 nitrogen and oxygen atoms in total. The maximum atomic E-state index is 12.6. The van der Waals surface area contributed by atoms with Crippen LogP contribution in [0.25, 0.3) is 0 Å². The molecular formula is C15H24N2O3S.